The third-order valence-corrected chi connectivity index (χ3v) is 2.55. The van der Waals surface area contributed by atoms with Crippen LogP contribution in [0, 0.1) is 5.92 Å². The van der Waals surface area contributed by atoms with Crippen LogP contribution in [-0.2, 0) is 18.9 Å². The number of ether oxygens (including phenoxy) is 4. The first kappa shape index (κ1) is 12.2. The second-order valence-electron chi connectivity index (χ2n) is 3.80. The van der Waals surface area contributed by atoms with Crippen molar-refractivity contribution in [3.8, 4) is 0 Å². The first-order valence-electron chi connectivity index (χ1n) is 5.09. The van der Waals surface area contributed by atoms with Crippen LogP contribution >= 0.6 is 0 Å². The molecule has 0 saturated carbocycles. The zero-order valence-corrected chi connectivity index (χ0v) is 9.41. The van der Waals surface area contributed by atoms with Gasteiger partial charge >= 0.3 is 11.9 Å². The van der Waals surface area contributed by atoms with Crippen molar-refractivity contribution in [2.45, 2.75) is 25.8 Å². The Morgan fingerprint density at radius 3 is 2.71 bits per heavy atom. The molecule has 0 amide bonds. The Kier molecular flexibility index (Phi) is 2.78. The highest BCUT2D eigenvalue weighted by atomic mass is 16.9. The van der Waals surface area contributed by atoms with Crippen LogP contribution in [0.1, 0.15) is 13.8 Å². The van der Waals surface area contributed by atoms with E-state index in [9.17, 15) is 0 Å². The minimum Gasteiger partial charge on any atom is -0.432 e. The largest absolute Gasteiger partial charge is 0.432 e. The highest BCUT2D eigenvalue weighted by Crippen LogP contribution is 2.46. The van der Waals surface area contributed by atoms with Gasteiger partial charge in [0, 0.05) is 0 Å². The van der Waals surface area contributed by atoms with Crippen LogP contribution < -0.4 is 0 Å². The van der Waals surface area contributed by atoms with Crippen LogP contribution in [0.3, 0.4) is 0 Å². The van der Waals surface area contributed by atoms with Crippen molar-refractivity contribution in [2.24, 2.45) is 5.92 Å². The zero-order chi connectivity index (χ0) is 12.7. The summed E-state index contributed by atoms with van der Waals surface area (Å²) in [5.41, 5.74) is 0. The molecule has 2 aliphatic heterocycles. The summed E-state index contributed by atoms with van der Waals surface area (Å²) in [5.74, 6) is -5.60. The Balaban J connectivity index is 2.14. The number of allylic oxidation sites excluding steroid dienone is 1. The average molecular weight is 246 g/mol. The number of rotatable bonds is 4. The molecule has 0 spiro atoms. The molecule has 0 aromatic carbocycles. The van der Waals surface area contributed by atoms with Crippen molar-refractivity contribution in [1.29, 1.82) is 0 Å². The predicted molar refractivity (Wildman–Crippen MR) is 52.3 cm³/mol. The number of aliphatic hydroxyl groups is 3. The van der Waals surface area contributed by atoms with Crippen molar-refractivity contribution in [3.63, 3.8) is 0 Å². The maximum atomic E-state index is 9.12. The van der Waals surface area contributed by atoms with Crippen LogP contribution in [0.5, 0.6) is 0 Å². The summed E-state index contributed by atoms with van der Waals surface area (Å²) in [6.07, 6.45) is 3.03. The monoisotopic (exact) mass is 246 g/mol. The fourth-order valence-electron chi connectivity index (χ4n) is 1.49. The van der Waals surface area contributed by atoms with Crippen molar-refractivity contribution in [2.75, 3.05) is 6.61 Å². The van der Waals surface area contributed by atoms with Crippen LogP contribution in [0.15, 0.2) is 24.0 Å². The van der Waals surface area contributed by atoms with Crippen molar-refractivity contribution in [3.05, 3.63) is 24.0 Å². The lowest BCUT2D eigenvalue weighted by Crippen LogP contribution is -2.52. The molecular weight excluding hydrogens is 232 g/mol. The average Bonchev–Trinajstić information content (AvgIpc) is 2.82. The van der Waals surface area contributed by atoms with Crippen LogP contribution in [0.2, 0.25) is 0 Å². The Hall–Kier alpha value is -1.28. The molecule has 7 heteroatoms. The Labute approximate surface area is 97.5 Å². The van der Waals surface area contributed by atoms with E-state index >= 15 is 0 Å². The summed E-state index contributed by atoms with van der Waals surface area (Å²) < 4.78 is 20.7. The first-order chi connectivity index (χ1) is 7.89. The lowest BCUT2D eigenvalue weighted by Gasteiger charge is -2.33. The predicted octanol–water partition coefficient (Wildman–Crippen LogP) is -0.297. The third-order valence-electron chi connectivity index (χ3n) is 2.55. The number of hydrogen-bond acceptors (Lipinski definition) is 7. The summed E-state index contributed by atoms with van der Waals surface area (Å²) in [5, 5.41) is 27.4. The molecule has 2 heterocycles. The zero-order valence-electron chi connectivity index (χ0n) is 9.41. The Morgan fingerprint density at radius 2 is 2.12 bits per heavy atom. The van der Waals surface area contributed by atoms with Gasteiger partial charge < -0.3 is 29.5 Å². The second kappa shape index (κ2) is 3.88. The molecule has 1 fully saturated rings. The van der Waals surface area contributed by atoms with Crippen LogP contribution in [-0.4, -0.2) is 33.9 Å². The molecule has 17 heavy (non-hydrogen) atoms. The van der Waals surface area contributed by atoms with Gasteiger partial charge in [0.25, 0.3) is 5.97 Å². The summed E-state index contributed by atoms with van der Waals surface area (Å²) in [6.45, 7) is 3.14. The Bertz CT molecular complexity index is 367. The van der Waals surface area contributed by atoms with Crippen molar-refractivity contribution in [1.82, 2.24) is 0 Å². The maximum Gasteiger partial charge on any atom is 0.385 e. The highest BCUT2D eigenvalue weighted by Gasteiger charge is 2.61. The van der Waals surface area contributed by atoms with E-state index in [1.807, 2.05) is 0 Å². The summed E-state index contributed by atoms with van der Waals surface area (Å²) >= 11 is 0. The molecule has 2 rings (SSSR count). The first-order valence-corrected chi connectivity index (χ1v) is 5.09. The van der Waals surface area contributed by atoms with Gasteiger partial charge in [-0.1, -0.05) is 6.08 Å². The van der Waals surface area contributed by atoms with Gasteiger partial charge in [-0.05, 0) is 13.8 Å². The molecule has 2 bridgehead atoms. The summed E-state index contributed by atoms with van der Waals surface area (Å²) in [6, 6.07) is 0. The van der Waals surface area contributed by atoms with Gasteiger partial charge in [-0.25, -0.2) is 0 Å². The molecular formula is C10H14O7. The quantitative estimate of drug-likeness (QED) is 0.463. The Morgan fingerprint density at radius 1 is 1.41 bits per heavy atom. The molecule has 0 aromatic heterocycles. The molecule has 0 aromatic rings. The van der Waals surface area contributed by atoms with Gasteiger partial charge in [-0.2, -0.15) is 0 Å². The van der Waals surface area contributed by atoms with Gasteiger partial charge in [-0.3, -0.25) is 4.74 Å². The van der Waals surface area contributed by atoms with Crippen LogP contribution in [0.25, 0.3) is 0 Å². The van der Waals surface area contributed by atoms with E-state index in [4.69, 9.17) is 34.3 Å². The van der Waals surface area contributed by atoms with E-state index in [-0.39, 0.29) is 12.6 Å². The molecule has 0 aliphatic carbocycles. The maximum absolute atomic E-state index is 9.12. The highest BCUT2D eigenvalue weighted by molar-refractivity contribution is 5.09. The third kappa shape index (κ3) is 1.98. The molecule has 7 nitrogen and oxygen atoms in total. The standard InChI is InChI=1S/C10H14O7/c1-3-4-14-8-7-5-15-10(16-7,17-8)6(2)9(11,12)13/h3-4,6,11-13H,5H2,1-2H3/b4-3+. The SMILES string of the molecule is C/C=C/OC1=C2COC(C(C)C(O)(O)O)(O2)O1. The van der Waals surface area contributed by atoms with Gasteiger partial charge in [-0.15, -0.1) is 0 Å². The normalized spacial score (nSPS) is 29.5. The summed E-state index contributed by atoms with van der Waals surface area (Å²) in [4.78, 5) is 0. The molecule has 96 valence electrons. The molecule has 0 radical (unpaired) electrons. The second-order valence-corrected chi connectivity index (χ2v) is 3.80. The molecule has 1 saturated heterocycles. The van der Waals surface area contributed by atoms with Gasteiger partial charge in [0.05, 0.1) is 6.26 Å². The molecule has 3 N–H and O–H groups in total. The number of fused-ring (bicyclic) bond motifs is 2. The fraction of sp³-hybridized carbons (Fsp3) is 0.600. The van der Waals surface area contributed by atoms with Gasteiger partial charge in [0.1, 0.15) is 12.5 Å². The van der Waals surface area contributed by atoms with Gasteiger partial charge in [0.2, 0.25) is 5.76 Å². The minimum absolute atomic E-state index is 0.0767. The topological polar surface area (TPSA) is 97.6 Å². The van der Waals surface area contributed by atoms with E-state index in [2.05, 4.69) is 0 Å². The van der Waals surface area contributed by atoms with Crippen molar-refractivity contribution >= 4 is 0 Å². The van der Waals surface area contributed by atoms with E-state index in [1.165, 1.54) is 13.2 Å². The molecule has 2 atom stereocenters. The fourth-order valence-corrected chi connectivity index (χ4v) is 1.49. The smallest absolute Gasteiger partial charge is 0.385 e. The van der Waals surface area contributed by atoms with E-state index in [1.54, 1.807) is 13.0 Å². The summed E-state index contributed by atoms with van der Waals surface area (Å²) in [7, 11) is 0. The molecule has 2 aliphatic rings. The number of hydrogen-bond donors (Lipinski definition) is 3. The van der Waals surface area contributed by atoms with Crippen LogP contribution in [0.4, 0.5) is 0 Å². The lowest BCUT2D eigenvalue weighted by molar-refractivity contribution is -0.428. The lowest BCUT2D eigenvalue weighted by atomic mass is 10.1. The van der Waals surface area contributed by atoms with E-state index in [0.29, 0.717) is 5.76 Å². The minimum atomic E-state index is -2.98. The van der Waals surface area contributed by atoms with Gasteiger partial charge in [0.15, 0.2) is 0 Å². The van der Waals surface area contributed by atoms with Crippen molar-refractivity contribution < 1.29 is 34.3 Å². The van der Waals surface area contributed by atoms with E-state index < -0.39 is 17.9 Å². The molecule has 2 unspecified atom stereocenters. The van der Waals surface area contributed by atoms with E-state index in [0.717, 1.165) is 0 Å².